The van der Waals surface area contributed by atoms with E-state index in [4.69, 9.17) is 16.3 Å². The minimum atomic E-state index is -0.597. The van der Waals surface area contributed by atoms with E-state index in [0.717, 1.165) is 18.9 Å². The van der Waals surface area contributed by atoms with Gasteiger partial charge in [-0.25, -0.2) is 13.7 Å². The Morgan fingerprint density at radius 1 is 1.46 bits per heavy atom. The van der Waals surface area contributed by atoms with Crippen molar-refractivity contribution in [3.8, 4) is 11.4 Å². The molecule has 6 nitrogen and oxygen atoms in total. The third-order valence-electron chi connectivity index (χ3n) is 4.35. The van der Waals surface area contributed by atoms with Gasteiger partial charge in [-0.15, -0.1) is 5.10 Å². The number of ether oxygens (including phenoxy) is 1. The van der Waals surface area contributed by atoms with Gasteiger partial charge in [0.15, 0.2) is 5.82 Å². The van der Waals surface area contributed by atoms with E-state index in [0.29, 0.717) is 16.6 Å². The van der Waals surface area contributed by atoms with Crippen LogP contribution in [0.25, 0.3) is 16.9 Å². The molecule has 0 aliphatic heterocycles. The molecule has 1 saturated carbocycles. The Bertz CT molecular complexity index is 1090. The van der Waals surface area contributed by atoms with Gasteiger partial charge in [0.25, 0.3) is 5.56 Å². The second-order valence-electron chi connectivity index (χ2n) is 6.17. The summed E-state index contributed by atoms with van der Waals surface area (Å²) in [5.41, 5.74) is 0.977. The number of benzene rings is 1. The Balaban J connectivity index is 1.93. The van der Waals surface area contributed by atoms with Crippen molar-refractivity contribution in [1.82, 2.24) is 14.6 Å². The van der Waals surface area contributed by atoms with Crippen molar-refractivity contribution >= 4 is 23.1 Å². The molecule has 3 aromatic rings. The summed E-state index contributed by atoms with van der Waals surface area (Å²) in [6.07, 6.45) is 3.28. The zero-order chi connectivity index (χ0) is 18.4. The fourth-order valence-electron chi connectivity index (χ4n) is 3.07. The highest BCUT2D eigenvalue weighted by Crippen LogP contribution is 2.43. The average Bonchev–Trinajstić information content (AvgIpc) is 3.35. The minimum Gasteiger partial charge on any atom is -0.462 e. The summed E-state index contributed by atoms with van der Waals surface area (Å²) in [6.45, 7) is 1.96. The fourth-order valence-corrected chi connectivity index (χ4v) is 3.23. The second-order valence-corrected chi connectivity index (χ2v) is 6.61. The Kier molecular flexibility index (Phi) is 4.03. The van der Waals surface area contributed by atoms with E-state index in [1.165, 1.54) is 22.8 Å². The number of aromatic nitrogens is 3. The number of nitrogens with one attached hydrogen (secondary N) is 1. The van der Waals surface area contributed by atoms with Gasteiger partial charge >= 0.3 is 5.97 Å². The molecule has 4 rings (SSSR count). The Morgan fingerprint density at radius 2 is 2.23 bits per heavy atom. The van der Waals surface area contributed by atoms with Crippen molar-refractivity contribution in [1.29, 1.82) is 0 Å². The molecule has 1 aliphatic rings. The maximum Gasteiger partial charge on any atom is 0.340 e. The SMILES string of the molecule is CCOC(=O)c1cn2nc(-c3ccc(Cl)cc3F)[nH]c(=O)c2c1C1CC1. The normalized spacial score (nSPS) is 14.0. The van der Waals surface area contributed by atoms with Crippen LogP contribution in [-0.2, 0) is 4.74 Å². The van der Waals surface area contributed by atoms with Crippen molar-refractivity contribution in [2.75, 3.05) is 6.61 Å². The zero-order valence-corrected chi connectivity index (χ0v) is 14.6. The number of carbonyl (C=O) groups is 1. The van der Waals surface area contributed by atoms with Crippen LogP contribution in [0.15, 0.2) is 29.2 Å². The topological polar surface area (TPSA) is 76.5 Å². The number of nitrogens with zero attached hydrogens (tertiary/aromatic N) is 2. The van der Waals surface area contributed by atoms with E-state index in [1.807, 2.05) is 0 Å². The van der Waals surface area contributed by atoms with Gasteiger partial charge in [-0.2, -0.15) is 0 Å². The van der Waals surface area contributed by atoms with Crippen molar-refractivity contribution in [2.24, 2.45) is 0 Å². The van der Waals surface area contributed by atoms with Crippen LogP contribution in [-0.4, -0.2) is 27.2 Å². The predicted molar refractivity (Wildman–Crippen MR) is 94.1 cm³/mol. The van der Waals surface area contributed by atoms with Gasteiger partial charge < -0.3 is 9.72 Å². The van der Waals surface area contributed by atoms with Gasteiger partial charge in [-0.05, 0) is 43.9 Å². The smallest absolute Gasteiger partial charge is 0.340 e. The Hall–Kier alpha value is -2.67. The van der Waals surface area contributed by atoms with Crippen LogP contribution < -0.4 is 5.56 Å². The van der Waals surface area contributed by atoms with Crippen LogP contribution in [0, 0.1) is 5.82 Å². The van der Waals surface area contributed by atoms with Crippen molar-refractivity contribution in [3.63, 3.8) is 0 Å². The molecular weight excluding hydrogens is 361 g/mol. The molecule has 8 heteroatoms. The maximum atomic E-state index is 14.2. The fraction of sp³-hybridized carbons (Fsp3) is 0.278. The monoisotopic (exact) mass is 375 g/mol. The molecule has 1 N–H and O–H groups in total. The highest BCUT2D eigenvalue weighted by molar-refractivity contribution is 6.30. The number of aromatic amines is 1. The molecule has 2 aromatic heterocycles. The van der Waals surface area contributed by atoms with E-state index in [9.17, 15) is 14.0 Å². The summed E-state index contributed by atoms with van der Waals surface area (Å²) in [5.74, 6) is -0.886. The van der Waals surface area contributed by atoms with E-state index in [-0.39, 0.29) is 28.9 Å². The molecule has 134 valence electrons. The third-order valence-corrected chi connectivity index (χ3v) is 4.58. The standard InChI is InChI=1S/C18H15ClFN3O3/c1-2-26-18(25)12-8-23-15(14(12)9-3-4-9)17(24)21-16(22-23)11-6-5-10(19)7-13(11)20/h5-9H,2-4H2,1H3,(H,21,22,24). The van der Waals surface area contributed by atoms with Gasteiger partial charge in [0.1, 0.15) is 11.3 Å². The van der Waals surface area contributed by atoms with E-state index in [2.05, 4.69) is 10.1 Å². The number of fused-ring (bicyclic) bond motifs is 1. The number of halogens is 2. The van der Waals surface area contributed by atoms with Gasteiger partial charge in [-0.1, -0.05) is 11.6 Å². The summed E-state index contributed by atoms with van der Waals surface area (Å²) in [7, 11) is 0. The Morgan fingerprint density at radius 3 is 2.88 bits per heavy atom. The molecule has 0 unspecified atom stereocenters. The average molecular weight is 376 g/mol. The molecule has 1 aromatic carbocycles. The van der Waals surface area contributed by atoms with Crippen molar-refractivity contribution in [3.05, 3.63) is 56.7 Å². The van der Waals surface area contributed by atoms with Crippen LogP contribution in [0.4, 0.5) is 4.39 Å². The van der Waals surface area contributed by atoms with Gasteiger partial charge in [0.2, 0.25) is 0 Å². The molecule has 2 heterocycles. The zero-order valence-electron chi connectivity index (χ0n) is 13.9. The highest BCUT2D eigenvalue weighted by atomic mass is 35.5. The molecule has 0 bridgehead atoms. The lowest BCUT2D eigenvalue weighted by Crippen LogP contribution is -2.15. The van der Waals surface area contributed by atoms with Gasteiger partial charge in [-0.3, -0.25) is 4.79 Å². The van der Waals surface area contributed by atoms with Crippen LogP contribution in [0.3, 0.4) is 0 Å². The number of H-pyrrole nitrogens is 1. The van der Waals surface area contributed by atoms with Crippen LogP contribution in [0.5, 0.6) is 0 Å². The molecule has 0 radical (unpaired) electrons. The quantitative estimate of drug-likeness (QED) is 0.708. The summed E-state index contributed by atoms with van der Waals surface area (Å²) < 4.78 is 20.6. The number of rotatable bonds is 4. The summed E-state index contributed by atoms with van der Waals surface area (Å²) in [6, 6.07) is 4.11. The first-order valence-corrected chi connectivity index (χ1v) is 8.65. The maximum absolute atomic E-state index is 14.2. The predicted octanol–water partition coefficient (Wildman–Crippen LogP) is 3.54. The first-order valence-electron chi connectivity index (χ1n) is 8.27. The molecule has 0 saturated heterocycles. The molecule has 26 heavy (non-hydrogen) atoms. The molecule has 1 aliphatic carbocycles. The molecular formula is C18H15ClFN3O3. The lowest BCUT2D eigenvalue weighted by atomic mass is 10.1. The van der Waals surface area contributed by atoms with Crippen molar-refractivity contribution < 1.29 is 13.9 Å². The summed E-state index contributed by atoms with van der Waals surface area (Å²) in [4.78, 5) is 27.6. The number of hydrogen-bond donors (Lipinski definition) is 1. The van der Waals surface area contributed by atoms with E-state index >= 15 is 0 Å². The largest absolute Gasteiger partial charge is 0.462 e. The summed E-state index contributed by atoms with van der Waals surface area (Å²) >= 11 is 5.77. The van der Waals surface area contributed by atoms with Crippen LogP contribution >= 0.6 is 11.6 Å². The lowest BCUT2D eigenvalue weighted by molar-refractivity contribution is 0.0525. The first-order chi connectivity index (χ1) is 12.5. The second kappa shape index (κ2) is 6.25. The number of carbonyl (C=O) groups excluding carboxylic acids is 1. The van der Waals surface area contributed by atoms with Gasteiger partial charge in [0, 0.05) is 16.8 Å². The minimum absolute atomic E-state index is 0.0597. The number of hydrogen-bond acceptors (Lipinski definition) is 4. The summed E-state index contributed by atoms with van der Waals surface area (Å²) in [5, 5.41) is 4.55. The molecule has 0 spiro atoms. The Labute approximate surface area is 152 Å². The van der Waals surface area contributed by atoms with E-state index in [1.54, 1.807) is 6.92 Å². The molecule has 0 amide bonds. The first kappa shape index (κ1) is 16.8. The highest BCUT2D eigenvalue weighted by Gasteiger charge is 2.33. The third kappa shape index (κ3) is 2.78. The van der Waals surface area contributed by atoms with Crippen LogP contribution in [0.2, 0.25) is 5.02 Å². The van der Waals surface area contributed by atoms with Gasteiger partial charge in [0.05, 0.1) is 17.7 Å². The molecule has 1 fully saturated rings. The van der Waals surface area contributed by atoms with Crippen molar-refractivity contribution in [2.45, 2.75) is 25.7 Å². The van der Waals surface area contributed by atoms with E-state index < -0.39 is 17.3 Å². The van der Waals surface area contributed by atoms with Crippen LogP contribution in [0.1, 0.15) is 41.6 Å². The lowest BCUT2D eigenvalue weighted by Gasteiger charge is -2.05. The number of esters is 1. The molecule has 0 atom stereocenters.